The number of benzene rings is 1. The number of sulfonamides is 1. The molecule has 0 radical (unpaired) electrons. The second-order valence-corrected chi connectivity index (χ2v) is 8.68. The Morgan fingerprint density at radius 1 is 1.08 bits per heavy atom. The van der Waals surface area contributed by atoms with E-state index in [0.717, 1.165) is 25.7 Å². The number of ether oxygens (including phenoxy) is 1. The third kappa shape index (κ3) is 3.98. The lowest BCUT2D eigenvalue weighted by Crippen LogP contribution is -2.49. The molecule has 1 aromatic carbocycles. The van der Waals surface area contributed by atoms with Gasteiger partial charge in [0.25, 0.3) is 0 Å². The lowest BCUT2D eigenvalue weighted by molar-refractivity contribution is -0.125. The molecule has 2 aliphatic rings. The van der Waals surface area contributed by atoms with E-state index in [9.17, 15) is 13.2 Å². The van der Waals surface area contributed by atoms with Crippen LogP contribution in [0.15, 0.2) is 29.2 Å². The van der Waals surface area contributed by atoms with Gasteiger partial charge < -0.3 is 10.1 Å². The van der Waals surface area contributed by atoms with Crippen LogP contribution in [0.1, 0.15) is 44.9 Å². The van der Waals surface area contributed by atoms with Crippen LogP contribution < -0.4 is 10.1 Å². The summed E-state index contributed by atoms with van der Waals surface area (Å²) in [6.07, 6.45) is 6.74. The molecule has 1 amide bonds. The highest BCUT2D eigenvalue weighted by atomic mass is 32.2. The first-order valence-corrected chi connectivity index (χ1v) is 10.4. The number of methoxy groups -OCH3 is 1. The number of hydrogen-bond acceptors (Lipinski definition) is 4. The van der Waals surface area contributed by atoms with Gasteiger partial charge in [0.1, 0.15) is 11.8 Å². The third-order valence-corrected chi connectivity index (χ3v) is 7.05. The van der Waals surface area contributed by atoms with Gasteiger partial charge in [-0.15, -0.1) is 0 Å². The van der Waals surface area contributed by atoms with E-state index < -0.39 is 16.1 Å². The molecule has 0 bridgehead atoms. The fourth-order valence-corrected chi connectivity index (χ4v) is 5.37. The first-order chi connectivity index (χ1) is 12.0. The van der Waals surface area contributed by atoms with Crippen LogP contribution in [0, 0.1) is 0 Å². The highest BCUT2D eigenvalue weighted by Gasteiger charge is 2.39. The molecular formula is C18H26N2O4S. The van der Waals surface area contributed by atoms with Crippen molar-refractivity contribution in [3.05, 3.63) is 24.3 Å². The normalized spacial score (nSPS) is 22.7. The number of nitrogens with one attached hydrogen (secondary N) is 1. The monoisotopic (exact) mass is 366 g/mol. The Bertz CT molecular complexity index is 696. The molecule has 1 aromatic rings. The number of hydrogen-bond donors (Lipinski definition) is 1. The molecule has 1 aliphatic carbocycles. The Kier molecular flexibility index (Phi) is 5.64. The standard InChI is InChI=1S/C18H26N2O4S/c1-24-15-9-11-16(12-10-15)25(22,23)20-13-5-8-17(20)18(21)19-14-6-3-2-4-7-14/h9-12,14,17H,2-8,13H2,1H3,(H,19,21)/t17-/m0/s1. The zero-order valence-electron chi connectivity index (χ0n) is 14.6. The fraction of sp³-hybridized carbons (Fsp3) is 0.611. The van der Waals surface area contributed by atoms with Crippen LogP contribution in [-0.2, 0) is 14.8 Å². The van der Waals surface area contributed by atoms with Gasteiger partial charge in [-0.2, -0.15) is 4.31 Å². The summed E-state index contributed by atoms with van der Waals surface area (Å²) in [5.41, 5.74) is 0. The van der Waals surface area contributed by atoms with E-state index in [-0.39, 0.29) is 16.8 Å². The smallest absolute Gasteiger partial charge is 0.243 e. The average molecular weight is 366 g/mol. The summed E-state index contributed by atoms with van der Waals surface area (Å²) in [4.78, 5) is 12.9. The van der Waals surface area contributed by atoms with E-state index in [1.807, 2.05) is 0 Å². The van der Waals surface area contributed by atoms with Crippen molar-refractivity contribution in [2.75, 3.05) is 13.7 Å². The van der Waals surface area contributed by atoms with Crippen molar-refractivity contribution < 1.29 is 17.9 Å². The Morgan fingerprint density at radius 2 is 1.76 bits per heavy atom. The van der Waals surface area contributed by atoms with Crippen molar-refractivity contribution in [3.63, 3.8) is 0 Å². The van der Waals surface area contributed by atoms with Gasteiger partial charge >= 0.3 is 0 Å². The summed E-state index contributed by atoms with van der Waals surface area (Å²) in [5, 5.41) is 3.07. The highest BCUT2D eigenvalue weighted by molar-refractivity contribution is 7.89. The molecular weight excluding hydrogens is 340 g/mol. The lowest BCUT2D eigenvalue weighted by Gasteiger charge is -2.28. The Hall–Kier alpha value is -1.60. The van der Waals surface area contributed by atoms with Crippen LogP contribution in [0.3, 0.4) is 0 Å². The van der Waals surface area contributed by atoms with Gasteiger partial charge in [0.15, 0.2) is 0 Å². The zero-order chi connectivity index (χ0) is 17.9. The summed E-state index contributed by atoms with van der Waals surface area (Å²) < 4.78 is 32.3. The maximum absolute atomic E-state index is 12.9. The van der Waals surface area contributed by atoms with Crippen LogP contribution in [0.25, 0.3) is 0 Å². The molecule has 2 fully saturated rings. The van der Waals surface area contributed by atoms with Gasteiger partial charge in [0.2, 0.25) is 15.9 Å². The Morgan fingerprint density at radius 3 is 2.40 bits per heavy atom. The van der Waals surface area contributed by atoms with E-state index in [4.69, 9.17) is 4.74 Å². The molecule has 1 atom stereocenters. The molecule has 1 saturated carbocycles. The molecule has 1 saturated heterocycles. The topological polar surface area (TPSA) is 75.7 Å². The van der Waals surface area contributed by atoms with Gasteiger partial charge in [0.05, 0.1) is 12.0 Å². The molecule has 0 aromatic heterocycles. The molecule has 25 heavy (non-hydrogen) atoms. The van der Waals surface area contributed by atoms with E-state index in [1.165, 1.54) is 30.0 Å². The zero-order valence-corrected chi connectivity index (χ0v) is 15.4. The molecule has 6 nitrogen and oxygen atoms in total. The fourth-order valence-electron chi connectivity index (χ4n) is 3.72. The number of rotatable bonds is 5. The summed E-state index contributed by atoms with van der Waals surface area (Å²) in [6.45, 7) is 0.386. The third-order valence-electron chi connectivity index (χ3n) is 5.12. The second-order valence-electron chi connectivity index (χ2n) is 6.79. The van der Waals surface area contributed by atoms with E-state index in [1.54, 1.807) is 12.1 Å². The van der Waals surface area contributed by atoms with E-state index in [0.29, 0.717) is 25.1 Å². The van der Waals surface area contributed by atoms with Crippen LogP contribution in [0.2, 0.25) is 0 Å². The van der Waals surface area contributed by atoms with E-state index >= 15 is 0 Å². The minimum Gasteiger partial charge on any atom is -0.497 e. The molecule has 1 N–H and O–H groups in total. The first kappa shape index (κ1) is 18.2. The van der Waals surface area contributed by atoms with Crippen molar-refractivity contribution in [1.29, 1.82) is 0 Å². The molecule has 1 heterocycles. The maximum Gasteiger partial charge on any atom is 0.243 e. The highest BCUT2D eigenvalue weighted by Crippen LogP contribution is 2.28. The van der Waals surface area contributed by atoms with Gasteiger partial charge in [-0.25, -0.2) is 8.42 Å². The van der Waals surface area contributed by atoms with Gasteiger partial charge in [-0.05, 0) is 49.9 Å². The number of carbonyl (C=O) groups excluding carboxylic acids is 1. The van der Waals surface area contributed by atoms with Crippen molar-refractivity contribution in [2.24, 2.45) is 0 Å². The predicted molar refractivity (Wildman–Crippen MR) is 94.9 cm³/mol. The Balaban J connectivity index is 1.73. The second kappa shape index (κ2) is 7.74. The minimum absolute atomic E-state index is 0.151. The summed E-state index contributed by atoms with van der Waals surface area (Å²) in [5.74, 6) is 0.452. The Labute approximate surface area is 149 Å². The molecule has 138 valence electrons. The van der Waals surface area contributed by atoms with Crippen molar-refractivity contribution >= 4 is 15.9 Å². The average Bonchev–Trinajstić information content (AvgIpc) is 3.13. The summed E-state index contributed by atoms with van der Waals surface area (Å²) >= 11 is 0. The van der Waals surface area contributed by atoms with Crippen LogP contribution in [-0.4, -0.2) is 44.4 Å². The molecule has 1 aliphatic heterocycles. The summed E-state index contributed by atoms with van der Waals surface area (Å²) in [7, 11) is -2.14. The summed E-state index contributed by atoms with van der Waals surface area (Å²) in [6, 6.07) is 5.90. The molecule has 0 unspecified atom stereocenters. The van der Waals surface area contributed by atoms with Crippen molar-refractivity contribution in [1.82, 2.24) is 9.62 Å². The van der Waals surface area contributed by atoms with Gasteiger partial charge in [-0.3, -0.25) is 4.79 Å². The maximum atomic E-state index is 12.9. The van der Waals surface area contributed by atoms with Crippen molar-refractivity contribution in [2.45, 2.75) is 61.9 Å². The lowest BCUT2D eigenvalue weighted by atomic mass is 9.95. The van der Waals surface area contributed by atoms with E-state index in [2.05, 4.69) is 5.32 Å². The van der Waals surface area contributed by atoms with Gasteiger partial charge in [-0.1, -0.05) is 19.3 Å². The van der Waals surface area contributed by atoms with Crippen LogP contribution in [0.5, 0.6) is 5.75 Å². The molecule has 7 heteroatoms. The number of nitrogens with zero attached hydrogens (tertiary/aromatic N) is 1. The SMILES string of the molecule is COc1ccc(S(=O)(=O)N2CCC[C@H]2C(=O)NC2CCCCC2)cc1. The van der Waals surface area contributed by atoms with Crippen molar-refractivity contribution in [3.8, 4) is 5.75 Å². The number of carbonyl (C=O) groups is 1. The first-order valence-electron chi connectivity index (χ1n) is 8.98. The van der Waals surface area contributed by atoms with Crippen LogP contribution >= 0.6 is 0 Å². The predicted octanol–water partition coefficient (Wildman–Crippen LogP) is 2.30. The van der Waals surface area contributed by atoms with Crippen LogP contribution in [0.4, 0.5) is 0 Å². The minimum atomic E-state index is -3.68. The molecule has 3 rings (SSSR count). The largest absolute Gasteiger partial charge is 0.497 e. The molecule has 0 spiro atoms. The quantitative estimate of drug-likeness (QED) is 0.868. The van der Waals surface area contributed by atoms with Gasteiger partial charge in [0, 0.05) is 12.6 Å². The number of amides is 1.